The normalized spacial score (nSPS) is 11.9. The third-order valence-electron chi connectivity index (χ3n) is 2.91. The number of likely N-dealkylation sites (N-methyl/N-ethyl adjacent to an activating group) is 1. The summed E-state index contributed by atoms with van der Waals surface area (Å²) in [5, 5.41) is 9.14. The number of rotatable bonds is 7. The van der Waals surface area contributed by atoms with Crippen molar-refractivity contribution in [3.8, 4) is 0 Å². The lowest BCUT2D eigenvalue weighted by atomic mass is 10.2. The molecule has 1 aromatic carbocycles. The molecule has 0 spiro atoms. The third kappa shape index (κ3) is 10.8. The van der Waals surface area contributed by atoms with Crippen LogP contribution in [0.2, 0.25) is 0 Å². The zero-order valence-electron chi connectivity index (χ0n) is 12.9. The number of quaternary nitrogens is 1. The highest BCUT2D eigenvalue weighted by Crippen LogP contribution is 2.12. The van der Waals surface area contributed by atoms with Gasteiger partial charge in [-0.15, -0.1) is 0 Å². The molecule has 0 saturated heterocycles. The lowest BCUT2D eigenvalue weighted by Gasteiger charge is -2.33. The molecule has 0 aliphatic rings. The van der Waals surface area contributed by atoms with E-state index in [1.54, 1.807) is 0 Å². The van der Waals surface area contributed by atoms with Gasteiger partial charge in [-0.1, -0.05) is 50.4 Å². The van der Waals surface area contributed by atoms with Gasteiger partial charge in [0.05, 0.1) is 20.1 Å². The highest BCUT2D eigenvalue weighted by Gasteiger charge is 2.18. The van der Waals surface area contributed by atoms with Crippen LogP contribution >= 0.6 is 0 Å². The molecule has 1 radical (unpaired) electrons. The summed E-state index contributed by atoms with van der Waals surface area (Å²) in [5.41, 5.74) is 1.41. The van der Waals surface area contributed by atoms with E-state index in [0.717, 1.165) is 23.6 Å². The molecule has 4 heteroatoms. The average Bonchev–Trinajstić information content (AvgIpc) is 2.40. The number of carbonyl (C=O) groups is 1. The Morgan fingerprint density at radius 2 is 1.76 bits per heavy atom. The second-order valence-corrected chi connectivity index (χ2v) is 4.98. The molecule has 0 heterocycles. The van der Waals surface area contributed by atoms with Crippen molar-refractivity contribution in [3.63, 3.8) is 0 Å². The summed E-state index contributed by atoms with van der Waals surface area (Å²) in [6.45, 7) is 12.3. The van der Waals surface area contributed by atoms with Gasteiger partial charge < -0.3 is 16.9 Å². The van der Waals surface area contributed by atoms with Crippen LogP contribution in [0.4, 0.5) is 0 Å². The zero-order valence-corrected chi connectivity index (χ0v) is 13.7. The van der Waals surface area contributed by atoms with Crippen LogP contribution in [0.1, 0.15) is 18.9 Å². The maximum atomic E-state index is 9.14. The van der Waals surface area contributed by atoms with E-state index in [1.807, 2.05) is 6.08 Å². The number of hydrogen-bond donors (Lipinski definition) is 0. The summed E-state index contributed by atoms with van der Waals surface area (Å²) in [6.07, 6.45) is 3.97. The minimum atomic E-state index is -1.23. The fourth-order valence-corrected chi connectivity index (χ4v) is 2.11. The first-order valence-electron chi connectivity index (χ1n) is 6.79. The van der Waals surface area contributed by atoms with E-state index in [-0.39, 0.29) is 12.4 Å². The van der Waals surface area contributed by atoms with Crippen molar-refractivity contribution in [1.82, 2.24) is 0 Å². The maximum Gasteiger partial charge on any atom is 0.378 e. The Labute approximate surface area is 134 Å². The highest BCUT2D eigenvalue weighted by atomic mass is 35.5. The first kappa shape index (κ1) is 21.7. The standard InChI is InChI=1S/C14H22N.C3H3O2.ClH/c1-4-11-15(3,12-5-2)13-14-9-7-6-8-10-14;1-2-3(4)5;/h4,6-10H,1,5,11-13H2,2-3H3;2H,1H2;1H/q+1;;/p-1. The van der Waals surface area contributed by atoms with Gasteiger partial charge in [0.1, 0.15) is 6.54 Å². The topological polar surface area (TPSA) is 37.0 Å². The van der Waals surface area contributed by atoms with Crippen molar-refractivity contribution < 1.29 is 26.8 Å². The predicted octanol–water partition coefficient (Wildman–Crippen LogP) is 0.363. The molecule has 1 atom stereocenters. The summed E-state index contributed by atoms with van der Waals surface area (Å²) in [5.74, 6) is -1.23. The van der Waals surface area contributed by atoms with Gasteiger partial charge in [0.25, 0.3) is 0 Å². The Balaban J connectivity index is 0. The Morgan fingerprint density at radius 1 is 1.24 bits per heavy atom. The van der Waals surface area contributed by atoms with Crippen LogP contribution < -0.4 is 12.4 Å². The summed E-state index contributed by atoms with van der Waals surface area (Å²) >= 11 is 0. The van der Waals surface area contributed by atoms with Crippen molar-refractivity contribution in [2.75, 3.05) is 20.1 Å². The van der Waals surface area contributed by atoms with Crippen LogP contribution in [0.15, 0.2) is 55.6 Å². The van der Waals surface area contributed by atoms with Crippen molar-refractivity contribution in [2.45, 2.75) is 19.9 Å². The smallest absolute Gasteiger partial charge is 0.378 e. The van der Waals surface area contributed by atoms with Gasteiger partial charge in [-0.2, -0.15) is 0 Å². The molecule has 0 aromatic heterocycles. The Morgan fingerprint density at radius 3 is 2.14 bits per heavy atom. The van der Waals surface area contributed by atoms with Crippen LogP contribution in [0.5, 0.6) is 0 Å². The van der Waals surface area contributed by atoms with Gasteiger partial charge in [0.2, 0.25) is 0 Å². The molecule has 0 fully saturated rings. The van der Waals surface area contributed by atoms with E-state index < -0.39 is 5.97 Å². The molecule has 21 heavy (non-hydrogen) atoms. The van der Waals surface area contributed by atoms with Gasteiger partial charge in [-0.3, -0.25) is 0 Å². The number of nitrogens with zero attached hydrogens (tertiary/aromatic N) is 1. The average molecular weight is 311 g/mol. The van der Waals surface area contributed by atoms with Gasteiger partial charge in [0.15, 0.2) is 0 Å². The maximum absolute atomic E-state index is 9.14. The lowest BCUT2D eigenvalue weighted by Crippen LogP contribution is -3.00. The van der Waals surface area contributed by atoms with Crippen molar-refractivity contribution >= 4 is 5.97 Å². The van der Waals surface area contributed by atoms with E-state index in [1.165, 1.54) is 18.5 Å². The molecule has 1 unspecified atom stereocenters. The minimum Gasteiger partial charge on any atom is -1.00 e. The molecular formula is C17H25ClNO2. The van der Waals surface area contributed by atoms with Crippen LogP contribution in [-0.2, 0) is 16.4 Å². The van der Waals surface area contributed by atoms with Crippen LogP contribution in [0.3, 0.4) is 0 Å². The summed E-state index contributed by atoms with van der Waals surface area (Å²) < 4.78 is 1.06. The summed E-state index contributed by atoms with van der Waals surface area (Å²) in [4.78, 5) is 9.14. The molecule has 3 nitrogen and oxygen atoms in total. The van der Waals surface area contributed by atoms with E-state index in [0.29, 0.717) is 0 Å². The largest absolute Gasteiger partial charge is 1.00 e. The van der Waals surface area contributed by atoms with Crippen molar-refractivity contribution in [1.29, 1.82) is 0 Å². The summed E-state index contributed by atoms with van der Waals surface area (Å²) in [7, 11) is 2.30. The molecule has 0 aliphatic heterocycles. The molecule has 117 valence electrons. The van der Waals surface area contributed by atoms with Crippen LogP contribution in [-0.4, -0.2) is 30.6 Å². The van der Waals surface area contributed by atoms with Crippen LogP contribution in [0.25, 0.3) is 0 Å². The zero-order chi connectivity index (χ0) is 15.4. The number of halogens is 1. The van der Waals surface area contributed by atoms with Gasteiger partial charge in [-0.05, 0) is 12.5 Å². The Bertz CT molecular complexity index is 420. The SMILES string of the molecule is C=CC([O])=O.C=CC[N+](C)(CCC)Cc1ccccc1.[Cl-]. The molecule has 0 aliphatic carbocycles. The van der Waals surface area contributed by atoms with Gasteiger partial charge >= 0.3 is 5.97 Å². The predicted molar refractivity (Wildman–Crippen MR) is 82.4 cm³/mol. The van der Waals surface area contributed by atoms with E-state index in [9.17, 15) is 0 Å². The number of benzene rings is 1. The Kier molecular flexibility index (Phi) is 12.6. The number of hydrogen-bond acceptors (Lipinski definition) is 1. The molecule has 1 rings (SSSR count). The molecule has 0 N–H and O–H groups in total. The van der Waals surface area contributed by atoms with Crippen LogP contribution in [0, 0.1) is 0 Å². The monoisotopic (exact) mass is 310 g/mol. The van der Waals surface area contributed by atoms with Gasteiger partial charge in [-0.25, -0.2) is 9.90 Å². The summed E-state index contributed by atoms with van der Waals surface area (Å²) in [6, 6.07) is 10.7. The molecule has 0 bridgehead atoms. The number of carbonyl (C=O) groups excluding carboxylic acids is 1. The molecule has 0 amide bonds. The highest BCUT2D eigenvalue weighted by molar-refractivity contribution is 5.78. The van der Waals surface area contributed by atoms with Crippen molar-refractivity contribution in [2.24, 2.45) is 0 Å². The first-order chi connectivity index (χ1) is 9.47. The minimum absolute atomic E-state index is 0. The van der Waals surface area contributed by atoms with E-state index in [4.69, 9.17) is 9.90 Å². The first-order valence-corrected chi connectivity index (χ1v) is 6.79. The van der Waals surface area contributed by atoms with E-state index >= 15 is 0 Å². The Hall–Kier alpha value is -1.58. The van der Waals surface area contributed by atoms with E-state index in [2.05, 4.69) is 57.5 Å². The van der Waals surface area contributed by atoms with Crippen molar-refractivity contribution in [3.05, 3.63) is 61.2 Å². The molecular weight excluding hydrogens is 286 g/mol. The third-order valence-corrected chi connectivity index (χ3v) is 2.91. The van der Waals surface area contributed by atoms with Gasteiger partial charge in [0, 0.05) is 11.6 Å². The quantitative estimate of drug-likeness (QED) is 0.407. The molecule has 0 saturated carbocycles. The fourth-order valence-electron chi connectivity index (χ4n) is 2.11. The second kappa shape index (κ2) is 12.2. The second-order valence-electron chi connectivity index (χ2n) is 4.98. The fraction of sp³-hybridized carbons (Fsp3) is 0.353. The lowest BCUT2D eigenvalue weighted by molar-refractivity contribution is -0.917. The molecule has 1 aromatic rings.